The van der Waals surface area contributed by atoms with Gasteiger partial charge in [-0.15, -0.1) is 6.42 Å². The number of terminal acetylenes is 1. The van der Waals surface area contributed by atoms with Gasteiger partial charge < -0.3 is 9.80 Å². The van der Waals surface area contributed by atoms with E-state index in [2.05, 4.69) is 10.9 Å². The van der Waals surface area contributed by atoms with Gasteiger partial charge in [0.1, 0.15) is 17.0 Å². The largest absolute Gasteiger partial charge is 0.332 e. The van der Waals surface area contributed by atoms with Gasteiger partial charge in [0.25, 0.3) is 5.91 Å². The Kier molecular flexibility index (Phi) is 5.73. The highest BCUT2D eigenvalue weighted by Gasteiger charge is 2.55. The summed E-state index contributed by atoms with van der Waals surface area (Å²) in [5.41, 5.74) is 0.412. The maximum absolute atomic E-state index is 15.5. The Balaban J connectivity index is 1.50. The highest BCUT2D eigenvalue weighted by Crippen LogP contribution is 2.41. The SMILES string of the molecule is C#Cc1ccccc1-c1cc(F)c(N2C(=O)C[C@@]3(C)C(=O)N(c4ccncc4)CCN3C2=O)c(Cl)c1. The van der Waals surface area contributed by atoms with Gasteiger partial charge in [-0.3, -0.25) is 14.6 Å². The molecule has 2 aromatic carbocycles. The molecular weight excluding hydrogens is 483 g/mol. The van der Waals surface area contributed by atoms with E-state index >= 15 is 4.39 Å². The number of aromatic nitrogens is 1. The second kappa shape index (κ2) is 8.77. The Hall–Kier alpha value is -4.22. The van der Waals surface area contributed by atoms with Crippen LogP contribution in [0.1, 0.15) is 18.9 Å². The third-order valence-electron chi connectivity index (χ3n) is 6.62. The van der Waals surface area contributed by atoms with E-state index < -0.39 is 29.2 Å². The zero-order chi connectivity index (χ0) is 25.6. The van der Waals surface area contributed by atoms with Crippen LogP contribution < -0.4 is 9.80 Å². The highest BCUT2D eigenvalue weighted by molar-refractivity contribution is 6.36. The van der Waals surface area contributed by atoms with Gasteiger partial charge in [-0.25, -0.2) is 14.1 Å². The molecule has 0 aliphatic carbocycles. The van der Waals surface area contributed by atoms with Crippen molar-refractivity contribution in [2.45, 2.75) is 18.9 Å². The monoisotopic (exact) mass is 502 g/mol. The summed E-state index contributed by atoms with van der Waals surface area (Å²) in [6.07, 6.45) is 8.37. The molecule has 0 unspecified atom stereocenters. The summed E-state index contributed by atoms with van der Waals surface area (Å²) < 4.78 is 15.5. The molecule has 36 heavy (non-hydrogen) atoms. The van der Waals surface area contributed by atoms with Gasteiger partial charge in [0, 0.05) is 36.7 Å². The number of carbonyl (C=O) groups is 3. The van der Waals surface area contributed by atoms with Crippen LogP contribution in [0.15, 0.2) is 60.9 Å². The summed E-state index contributed by atoms with van der Waals surface area (Å²) >= 11 is 6.45. The zero-order valence-electron chi connectivity index (χ0n) is 19.2. The van der Waals surface area contributed by atoms with E-state index in [-0.39, 0.29) is 30.2 Å². The molecule has 5 rings (SSSR count). The van der Waals surface area contributed by atoms with Crippen LogP contribution in [-0.4, -0.2) is 46.4 Å². The fourth-order valence-corrected chi connectivity index (χ4v) is 5.11. The second-order valence-corrected chi connectivity index (χ2v) is 9.16. The fraction of sp³-hybridized carbons (Fsp3) is 0.185. The summed E-state index contributed by atoms with van der Waals surface area (Å²) in [5.74, 6) is 0.584. The molecule has 3 heterocycles. The third kappa shape index (κ3) is 3.60. The number of hydrogen-bond donors (Lipinski definition) is 0. The molecule has 3 aromatic rings. The van der Waals surface area contributed by atoms with E-state index in [0.29, 0.717) is 22.4 Å². The maximum atomic E-state index is 15.5. The molecule has 180 valence electrons. The topological polar surface area (TPSA) is 73.8 Å². The zero-order valence-corrected chi connectivity index (χ0v) is 20.0. The van der Waals surface area contributed by atoms with Crippen LogP contribution in [0, 0.1) is 18.2 Å². The average Bonchev–Trinajstić information content (AvgIpc) is 2.87. The number of hydrogen-bond acceptors (Lipinski definition) is 4. The quantitative estimate of drug-likeness (QED) is 0.495. The van der Waals surface area contributed by atoms with Gasteiger partial charge in [0.15, 0.2) is 0 Å². The molecule has 4 amide bonds. The Morgan fingerprint density at radius 3 is 2.50 bits per heavy atom. The Bertz CT molecular complexity index is 1430. The van der Waals surface area contributed by atoms with Crippen molar-refractivity contribution in [2.24, 2.45) is 0 Å². The van der Waals surface area contributed by atoms with Gasteiger partial charge >= 0.3 is 6.03 Å². The minimum Gasteiger partial charge on any atom is -0.308 e. The Morgan fingerprint density at radius 2 is 1.81 bits per heavy atom. The van der Waals surface area contributed by atoms with Crippen LogP contribution in [0.5, 0.6) is 0 Å². The molecular formula is C27H20ClFN4O3. The van der Waals surface area contributed by atoms with Gasteiger partial charge in [-0.2, -0.15) is 0 Å². The van der Waals surface area contributed by atoms with E-state index in [4.69, 9.17) is 18.0 Å². The van der Waals surface area contributed by atoms with E-state index in [1.807, 2.05) is 0 Å². The predicted octanol–water partition coefficient (Wildman–Crippen LogP) is 4.49. The molecule has 0 bridgehead atoms. The molecule has 2 aliphatic rings. The van der Waals surface area contributed by atoms with Gasteiger partial charge in [0.2, 0.25) is 5.91 Å². The van der Waals surface area contributed by atoms with Crippen molar-refractivity contribution in [3.8, 4) is 23.5 Å². The Morgan fingerprint density at radius 1 is 1.08 bits per heavy atom. The number of nitrogens with zero attached hydrogens (tertiary/aromatic N) is 4. The lowest BCUT2D eigenvalue weighted by molar-refractivity contribution is -0.137. The second-order valence-electron chi connectivity index (χ2n) is 8.75. The summed E-state index contributed by atoms with van der Waals surface area (Å²) in [4.78, 5) is 47.7. The molecule has 7 nitrogen and oxygen atoms in total. The molecule has 0 saturated carbocycles. The average molecular weight is 503 g/mol. The summed E-state index contributed by atoms with van der Waals surface area (Å²) in [6, 6.07) is 12.2. The van der Waals surface area contributed by atoms with Gasteiger partial charge in [-0.1, -0.05) is 35.7 Å². The van der Waals surface area contributed by atoms with Crippen LogP contribution in [0.3, 0.4) is 0 Å². The molecule has 0 spiro atoms. The molecule has 2 aliphatic heterocycles. The number of carbonyl (C=O) groups excluding carboxylic acids is 3. The first kappa shape index (κ1) is 23.5. The van der Waals surface area contributed by atoms with Gasteiger partial charge in [0.05, 0.1) is 11.4 Å². The molecule has 0 radical (unpaired) electrons. The van der Waals surface area contributed by atoms with Crippen molar-refractivity contribution in [1.82, 2.24) is 9.88 Å². The van der Waals surface area contributed by atoms with E-state index in [0.717, 1.165) is 4.90 Å². The first-order valence-corrected chi connectivity index (χ1v) is 11.6. The van der Waals surface area contributed by atoms with Crippen LogP contribution in [0.25, 0.3) is 11.1 Å². The number of anilines is 2. The van der Waals surface area contributed by atoms with E-state index in [1.54, 1.807) is 55.7 Å². The first-order chi connectivity index (χ1) is 17.3. The number of benzene rings is 2. The van der Waals surface area contributed by atoms with Gasteiger partial charge in [-0.05, 0) is 48.4 Å². The minimum absolute atomic E-state index is 0.121. The predicted molar refractivity (Wildman–Crippen MR) is 134 cm³/mol. The van der Waals surface area contributed by atoms with E-state index in [1.165, 1.54) is 21.9 Å². The van der Waals surface area contributed by atoms with Crippen molar-refractivity contribution >= 4 is 40.8 Å². The van der Waals surface area contributed by atoms with Crippen molar-refractivity contribution in [1.29, 1.82) is 0 Å². The highest BCUT2D eigenvalue weighted by atomic mass is 35.5. The van der Waals surface area contributed by atoms with Crippen LogP contribution >= 0.6 is 11.6 Å². The van der Waals surface area contributed by atoms with Crippen molar-refractivity contribution in [2.75, 3.05) is 22.9 Å². The van der Waals surface area contributed by atoms with Crippen molar-refractivity contribution in [3.05, 3.63) is 77.3 Å². The molecule has 1 atom stereocenters. The number of piperazine rings is 1. The lowest BCUT2D eigenvalue weighted by Crippen LogP contribution is -2.72. The summed E-state index contributed by atoms with van der Waals surface area (Å²) in [6.45, 7) is 1.91. The van der Waals surface area contributed by atoms with E-state index in [9.17, 15) is 14.4 Å². The normalized spacial score (nSPS) is 19.8. The summed E-state index contributed by atoms with van der Waals surface area (Å²) in [5, 5.41) is -0.121. The number of fused-ring (bicyclic) bond motifs is 1. The van der Waals surface area contributed by atoms with Crippen molar-refractivity contribution in [3.63, 3.8) is 0 Å². The third-order valence-corrected chi connectivity index (χ3v) is 6.91. The Labute approximate surface area is 212 Å². The first-order valence-electron chi connectivity index (χ1n) is 11.2. The number of halogens is 2. The molecule has 0 N–H and O–H groups in total. The number of imide groups is 1. The number of pyridine rings is 1. The van der Waals surface area contributed by atoms with Crippen LogP contribution in [-0.2, 0) is 9.59 Å². The lowest BCUT2D eigenvalue weighted by atomic mass is 9.88. The lowest BCUT2D eigenvalue weighted by Gasteiger charge is -2.51. The number of amides is 4. The van der Waals surface area contributed by atoms with Crippen molar-refractivity contribution < 1.29 is 18.8 Å². The molecule has 2 saturated heterocycles. The number of urea groups is 1. The minimum atomic E-state index is -1.42. The smallest absolute Gasteiger partial charge is 0.308 e. The standard InChI is InChI=1S/C27H20ClFN4O3/c1-3-17-6-4-5-7-20(17)18-14-21(28)24(22(29)15-18)33-23(34)16-27(2)25(35)31(12-13-32(27)26(33)36)19-8-10-30-11-9-19/h1,4-11,14-15H,12-13,16H2,2H3/t27-/m0/s1. The van der Waals surface area contributed by atoms with Crippen LogP contribution in [0.2, 0.25) is 5.02 Å². The molecule has 1 aromatic heterocycles. The number of rotatable bonds is 3. The maximum Gasteiger partial charge on any atom is 0.332 e. The summed E-state index contributed by atoms with van der Waals surface area (Å²) in [7, 11) is 0. The fourth-order valence-electron chi connectivity index (χ4n) is 4.82. The molecule has 9 heteroatoms. The molecule has 2 fully saturated rings. The van der Waals surface area contributed by atoms with Crippen LogP contribution in [0.4, 0.5) is 20.6 Å².